The predicted molar refractivity (Wildman–Crippen MR) is 116 cm³/mol. The number of amides is 2. The molecular weight excluding hydrogens is 398 g/mol. The minimum atomic E-state index is -0.494. The van der Waals surface area contributed by atoms with E-state index in [0.29, 0.717) is 10.6 Å². The average molecular weight is 417 g/mol. The van der Waals surface area contributed by atoms with Crippen LogP contribution < -0.4 is 10.9 Å². The van der Waals surface area contributed by atoms with Gasteiger partial charge in [0.2, 0.25) is 0 Å². The van der Waals surface area contributed by atoms with E-state index in [9.17, 15) is 9.59 Å². The first-order valence-corrected chi connectivity index (χ1v) is 10.1. The lowest BCUT2D eigenvalue weighted by atomic mass is 10.2. The van der Waals surface area contributed by atoms with Gasteiger partial charge in [0.1, 0.15) is 9.88 Å². The third-order valence-electron chi connectivity index (χ3n) is 4.43. The lowest BCUT2D eigenvalue weighted by Gasteiger charge is -2.05. The Balaban J connectivity index is 1.45. The number of rotatable bonds is 4. The molecule has 0 bridgehead atoms. The van der Waals surface area contributed by atoms with Crippen LogP contribution in [0.25, 0.3) is 16.3 Å². The van der Waals surface area contributed by atoms with Crippen molar-refractivity contribution in [1.82, 2.24) is 25.6 Å². The molecule has 0 unspecified atom stereocenters. The normalized spacial score (nSPS) is 10.6. The molecule has 2 N–H and O–H groups in total. The highest BCUT2D eigenvalue weighted by Crippen LogP contribution is 2.27. The van der Waals surface area contributed by atoms with Gasteiger partial charge in [-0.1, -0.05) is 48.5 Å². The number of hydrogen-bond donors (Lipinski definition) is 2. The summed E-state index contributed by atoms with van der Waals surface area (Å²) in [6, 6.07) is 20.8. The van der Waals surface area contributed by atoms with Gasteiger partial charge in [-0.3, -0.25) is 20.4 Å². The van der Waals surface area contributed by atoms with Crippen LogP contribution in [0.15, 0.2) is 66.7 Å². The summed E-state index contributed by atoms with van der Waals surface area (Å²) in [5.74, 6) is -0.911. The average Bonchev–Trinajstić information content (AvgIpc) is 3.36. The lowest BCUT2D eigenvalue weighted by Crippen LogP contribution is -2.41. The Bertz CT molecular complexity index is 1200. The Morgan fingerprint density at radius 1 is 0.900 bits per heavy atom. The van der Waals surface area contributed by atoms with Gasteiger partial charge in [0.15, 0.2) is 5.69 Å². The molecule has 0 aliphatic rings. The summed E-state index contributed by atoms with van der Waals surface area (Å²) in [6.45, 7) is 3.63. The van der Waals surface area contributed by atoms with Crippen molar-refractivity contribution < 1.29 is 9.59 Å². The molecule has 30 heavy (non-hydrogen) atoms. The first-order valence-electron chi connectivity index (χ1n) is 9.28. The Labute approximate surface area is 177 Å². The number of aryl methyl sites for hydroxylation is 2. The van der Waals surface area contributed by atoms with E-state index in [4.69, 9.17) is 0 Å². The van der Waals surface area contributed by atoms with Gasteiger partial charge in [0.05, 0.1) is 11.4 Å². The maximum atomic E-state index is 12.6. The minimum Gasteiger partial charge on any atom is -0.266 e. The Hall–Kier alpha value is -3.78. The second-order valence-corrected chi connectivity index (χ2v) is 7.63. The number of thiazole rings is 1. The molecule has 2 aromatic heterocycles. The van der Waals surface area contributed by atoms with Crippen LogP contribution in [0.4, 0.5) is 0 Å². The molecule has 2 heterocycles. The number of benzene rings is 2. The monoisotopic (exact) mass is 417 g/mol. The number of carbonyl (C=O) groups is 2. The van der Waals surface area contributed by atoms with Gasteiger partial charge in [0.25, 0.3) is 11.8 Å². The van der Waals surface area contributed by atoms with Gasteiger partial charge in [-0.05, 0) is 32.0 Å². The highest BCUT2D eigenvalue weighted by Gasteiger charge is 2.18. The van der Waals surface area contributed by atoms with E-state index < -0.39 is 11.8 Å². The van der Waals surface area contributed by atoms with Crippen LogP contribution in [0.3, 0.4) is 0 Å². The lowest BCUT2D eigenvalue weighted by molar-refractivity contribution is 0.0845. The fourth-order valence-electron chi connectivity index (χ4n) is 2.96. The third kappa shape index (κ3) is 3.99. The summed E-state index contributed by atoms with van der Waals surface area (Å²) in [5.41, 5.74) is 8.30. The van der Waals surface area contributed by atoms with E-state index in [2.05, 4.69) is 20.9 Å². The molecule has 2 aromatic carbocycles. The number of para-hydroxylation sites is 1. The zero-order chi connectivity index (χ0) is 21.1. The number of aromatic nitrogens is 3. The number of hydrogen-bond acceptors (Lipinski definition) is 5. The van der Waals surface area contributed by atoms with Crippen molar-refractivity contribution in [2.45, 2.75) is 13.8 Å². The Morgan fingerprint density at radius 2 is 1.53 bits per heavy atom. The smallest absolute Gasteiger partial charge is 0.266 e. The Morgan fingerprint density at radius 3 is 2.23 bits per heavy atom. The summed E-state index contributed by atoms with van der Waals surface area (Å²) in [4.78, 5) is 29.9. The van der Waals surface area contributed by atoms with E-state index in [1.807, 2.05) is 67.6 Å². The Kier molecular flexibility index (Phi) is 5.40. The van der Waals surface area contributed by atoms with Crippen LogP contribution in [-0.4, -0.2) is 26.6 Å². The molecule has 0 saturated heterocycles. The van der Waals surface area contributed by atoms with Crippen LogP contribution in [0.1, 0.15) is 31.5 Å². The second-order valence-electron chi connectivity index (χ2n) is 6.63. The van der Waals surface area contributed by atoms with Crippen molar-refractivity contribution in [3.63, 3.8) is 0 Å². The van der Waals surface area contributed by atoms with Crippen LogP contribution in [0.5, 0.6) is 0 Å². The molecule has 0 aliphatic heterocycles. The molecule has 150 valence electrons. The summed E-state index contributed by atoms with van der Waals surface area (Å²) in [7, 11) is 0. The second kappa shape index (κ2) is 8.30. The highest BCUT2D eigenvalue weighted by molar-refractivity contribution is 7.17. The quantitative estimate of drug-likeness (QED) is 0.496. The molecule has 0 fully saturated rings. The van der Waals surface area contributed by atoms with Crippen molar-refractivity contribution in [2.24, 2.45) is 0 Å². The van der Waals surface area contributed by atoms with Crippen molar-refractivity contribution >= 4 is 23.2 Å². The molecule has 4 aromatic rings. The third-order valence-corrected chi connectivity index (χ3v) is 5.64. The zero-order valence-corrected chi connectivity index (χ0v) is 17.2. The van der Waals surface area contributed by atoms with Crippen molar-refractivity contribution in [1.29, 1.82) is 0 Å². The number of nitrogens with zero attached hydrogens (tertiary/aromatic N) is 3. The number of nitrogens with one attached hydrogen (secondary N) is 2. The van der Waals surface area contributed by atoms with Crippen LogP contribution in [0, 0.1) is 13.8 Å². The summed E-state index contributed by atoms with van der Waals surface area (Å²) in [5, 5.41) is 5.09. The van der Waals surface area contributed by atoms with Crippen molar-refractivity contribution in [3.05, 3.63) is 88.7 Å². The minimum absolute atomic E-state index is 0.211. The predicted octanol–water partition coefficient (Wildman–Crippen LogP) is 3.69. The van der Waals surface area contributed by atoms with E-state index in [0.717, 1.165) is 22.0 Å². The topological polar surface area (TPSA) is 88.9 Å². The van der Waals surface area contributed by atoms with E-state index >= 15 is 0 Å². The fraction of sp³-hybridized carbons (Fsp3) is 0.0909. The molecule has 8 heteroatoms. The molecule has 0 saturated carbocycles. The SMILES string of the molecule is Cc1nc(-c2ccccc2)sc1C(=O)NNC(=O)c1cc(C)n(-c2ccccc2)n1. The van der Waals surface area contributed by atoms with Crippen LogP contribution >= 0.6 is 11.3 Å². The van der Waals surface area contributed by atoms with Gasteiger partial charge in [-0.25, -0.2) is 9.67 Å². The maximum Gasteiger partial charge on any atom is 0.290 e. The van der Waals surface area contributed by atoms with Crippen LogP contribution in [-0.2, 0) is 0 Å². The summed E-state index contributed by atoms with van der Waals surface area (Å²) in [6.07, 6.45) is 0. The van der Waals surface area contributed by atoms with Gasteiger partial charge in [-0.2, -0.15) is 5.10 Å². The zero-order valence-electron chi connectivity index (χ0n) is 16.4. The van der Waals surface area contributed by atoms with E-state index in [1.54, 1.807) is 17.7 Å². The number of carbonyl (C=O) groups excluding carboxylic acids is 2. The molecule has 0 radical (unpaired) electrons. The van der Waals surface area contributed by atoms with Crippen molar-refractivity contribution in [2.75, 3.05) is 0 Å². The number of hydrazine groups is 1. The molecule has 4 rings (SSSR count). The molecule has 0 aliphatic carbocycles. The van der Waals surface area contributed by atoms with Gasteiger partial charge in [-0.15, -0.1) is 11.3 Å². The van der Waals surface area contributed by atoms with Gasteiger partial charge >= 0.3 is 0 Å². The van der Waals surface area contributed by atoms with Gasteiger partial charge < -0.3 is 0 Å². The molecule has 0 atom stereocenters. The first kappa shape index (κ1) is 19.5. The van der Waals surface area contributed by atoms with E-state index in [1.165, 1.54) is 11.3 Å². The maximum absolute atomic E-state index is 12.6. The standard InChI is InChI=1S/C22H19N5O2S/c1-14-13-18(26-27(14)17-11-7-4-8-12-17)20(28)24-25-21(29)19-15(2)23-22(30-19)16-9-5-3-6-10-16/h3-13H,1-2H3,(H,24,28)(H,25,29). The highest BCUT2D eigenvalue weighted by atomic mass is 32.1. The van der Waals surface area contributed by atoms with Crippen molar-refractivity contribution in [3.8, 4) is 16.3 Å². The van der Waals surface area contributed by atoms with Gasteiger partial charge in [0, 0.05) is 11.3 Å². The molecule has 2 amide bonds. The van der Waals surface area contributed by atoms with Crippen LogP contribution in [0.2, 0.25) is 0 Å². The molecule has 7 nitrogen and oxygen atoms in total. The largest absolute Gasteiger partial charge is 0.290 e. The molecule has 0 spiro atoms. The summed E-state index contributed by atoms with van der Waals surface area (Å²) < 4.78 is 1.68. The van der Waals surface area contributed by atoms with E-state index in [-0.39, 0.29) is 5.69 Å². The summed E-state index contributed by atoms with van der Waals surface area (Å²) >= 11 is 1.28. The molecular formula is C22H19N5O2S. The first-order chi connectivity index (χ1) is 14.5. The fourth-order valence-corrected chi connectivity index (χ4v) is 3.93.